The third-order valence-corrected chi connectivity index (χ3v) is 3.15. The second kappa shape index (κ2) is 6.37. The van der Waals surface area contributed by atoms with E-state index in [1.54, 1.807) is 0 Å². The summed E-state index contributed by atoms with van der Waals surface area (Å²) in [6.45, 7) is 5.72. The van der Waals surface area contributed by atoms with E-state index >= 15 is 0 Å². The number of amides is 1. The molecule has 0 saturated carbocycles. The van der Waals surface area contributed by atoms with Crippen molar-refractivity contribution in [2.75, 3.05) is 32.7 Å². The van der Waals surface area contributed by atoms with Crippen molar-refractivity contribution in [1.29, 1.82) is 0 Å². The summed E-state index contributed by atoms with van der Waals surface area (Å²) in [5.74, 6) is 0.158. The number of benzene rings is 1. The SMILES string of the molecule is O=C(C[NH+]1CC[NH2+]CC1)NCc1ccccc1. The fourth-order valence-corrected chi connectivity index (χ4v) is 2.14. The van der Waals surface area contributed by atoms with Gasteiger partial charge in [-0.05, 0) is 5.56 Å². The van der Waals surface area contributed by atoms with Gasteiger partial charge in [0, 0.05) is 6.54 Å². The van der Waals surface area contributed by atoms with Gasteiger partial charge in [0.1, 0.15) is 26.2 Å². The molecule has 0 unspecified atom stereocenters. The monoisotopic (exact) mass is 235 g/mol. The van der Waals surface area contributed by atoms with E-state index in [-0.39, 0.29) is 5.91 Å². The zero-order valence-electron chi connectivity index (χ0n) is 10.1. The quantitative estimate of drug-likeness (QED) is 0.543. The highest BCUT2D eigenvalue weighted by Gasteiger charge is 2.18. The Balaban J connectivity index is 1.70. The molecule has 92 valence electrons. The lowest BCUT2D eigenvalue weighted by Gasteiger charge is -2.21. The number of quaternary nitrogens is 2. The molecule has 1 fully saturated rings. The Morgan fingerprint density at radius 1 is 1.24 bits per heavy atom. The lowest BCUT2D eigenvalue weighted by atomic mass is 10.2. The molecule has 17 heavy (non-hydrogen) atoms. The maximum Gasteiger partial charge on any atom is 0.275 e. The van der Waals surface area contributed by atoms with Crippen LogP contribution in [0.5, 0.6) is 0 Å². The minimum absolute atomic E-state index is 0.158. The molecule has 1 heterocycles. The summed E-state index contributed by atoms with van der Waals surface area (Å²) in [5, 5.41) is 5.29. The molecule has 1 aromatic rings. The van der Waals surface area contributed by atoms with Crippen LogP contribution in [0.1, 0.15) is 5.56 Å². The molecule has 0 atom stereocenters. The van der Waals surface area contributed by atoms with Crippen molar-refractivity contribution in [3.8, 4) is 0 Å². The number of nitrogens with one attached hydrogen (secondary N) is 2. The lowest BCUT2D eigenvalue weighted by Crippen LogP contribution is -3.21. The van der Waals surface area contributed by atoms with Crippen LogP contribution in [0.4, 0.5) is 0 Å². The van der Waals surface area contributed by atoms with Crippen LogP contribution in [0.3, 0.4) is 0 Å². The van der Waals surface area contributed by atoms with Crippen LogP contribution in [0.25, 0.3) is 0 Å². The lowest BCUT2D eigenvalue weighted by molar-refractivity contribution is -0.940. The fourth-order valence-electron chi connectivity index (χ4n) is 2.14. The highest BCUT2D eigenvalue weighted by atomic mass is 16.2. The highest BCUT2D eigenvalue weighted by Crippen LogP contribution is 1.96. The molecule has 0 spiro atoms. The third-order valence-electron chi connectivity index (χ3n) is 3.15. The van der Waals surface area contributed by atoms with Crippen LogP contribution in [0.15, 0.2) is 30.3 Å². The van der Waals surface area contributed by atoms with E-state index in [1.165, 1.54) is 4.90 Å². The molecule has 0 aliphatic carbocycles. The molecule has 0 aromatic heterocycles. The van der Waals surface area contributed by atoms with Crippen molar-refractivity contribution in [1.82, 2.24) is 5.32 Å². The molecular formula is C13H21N3O+2. The Labute approximate surface area is 102 Å². The van der Waals surface area contributed by atoms with Crippen molar-refractivity contribution >= 4 is 5.91 Å². The Bertz CT molecular complexity index is 347. The average Bonchev–Trinajstić information content (AvgIpc) is 2.39. The first-order chi connectivity index (χ1) is 8.34. The van der Waals surface area contributed by atoms with Gasteiger partial charge in [-0.2, -0.15) is 0 Å². The second-order valence-corrected chi connectivity index (χ2v) is 4.56. The number of hydrogen-bond donors (Lipinski definition) is 3. The van der Waals surface area contributed by atoms with E-state index in [0.717, 1.165) is 31.7 Å². The predicted molar refractivity (Wildman–Crippen MR) is 65.5 cm³/mol. The molecule has 1 aromatic carbocycles. The van der Waals surface area contributed by atoms with E-state index < -0.39 is 0 Å². The smallest absolute Gasteiger partial charge is 0.275 e. The van der Waals surface area contributed by atoms with Crippen molar-refractivity contribution in [2.45, 2.75) is 6.54 Å². The van der Waals surface area contributed by atoms with Gasteiger partial charge in [0.2, 0.25) is 0 Å². The fraction of sp³-hybridized carbons (Fsp3) is 0.462. The Morgan fingerprint density at radius 2 is 1.94 bits per heavy atom. The predicted octanol–water partition coefficient (Wildman–Crippen LogP) is -2.24. The van der Waals surface area contributed by atoms with Gasteiger partial charge < -0.3 is 15.5 Å². The Hall–Kier alpha value is -1.39. The summed E-state index contributed by atoms with van der Waals surface area (Å²) in [4.78, 5) is 13.1. The van der Waals surface area contributed by atoms with Gasteiger partial charge in [0.05, 0.1) is 0 Å². The van der Waals surface area contributed by atoms with E-state index in [1.807, 2.05) is 30.3 Å². The van der Waals surface area contributed by atoms with Crippen molar-refractivity contribution in [2.24, 2.45) is 0 Å². The number of hydrogen-bond acceptors (Lipinski definition) is 1. The summed E-state index contributed by atoms with van der Waals surface area (Å²) in [7, 11) is 0. The van der Waals surface area contributed by atoms with Crippen molar-refractivity contribution in [3.63, 3.8) is 0 Å². The molecule has 0 bridgehead atoms. The number of carbonyl (C=O) groups is 1. The van der Waals surface area contributed by atoms with Crippen molar-refractivity contribution in [3.05, 3.63) is 35.9 Å². The van der Waals surface area contributed by atoms with Crippen LogP contribution in [0, 0.1) is 0 Å². The second-order valence-electron chi connectivity index (χ2n) is 4.56. The van der Waals surface area contributed by atoms with E-state index in [0.29, 0.717) is 13.1 Å². The van der Waals surface area contributed by atoms with Crippen LogP contribution < -0.4 is 15.5 Å². The summed E-state index contributed by atoms with van der Waals surface area (Å²) in [6.07, 6.45) is 0. The minimum atomic E-state index is 0.158. The maximum atomic E-state index is 11.7. The first kappa shape index (κ1) is 12.1. The zero-order valence-corrected chi connectivity index (χ0v) is 10.1. The van der Waals surface area contributed by atoms with Crippen molar-refractivity contribution < 1.29 is 15.0 Å². The third kappa shape index (κ3) is 4.17. The standard InChI is InChI=1S/C13H19N3O/c17-13(11-16-8-6-14-7-9-16)15-10-12-4-2-1-3-5-12/h1-5,14H,6-11H2,(H,15,17)/p+2. The normalized spacial score (nSPS) is 16.7. The highest BCUT2D eigenvalue weighted by molar-refractivity contribution is 5.76. The van der Waals surface area contributed by atoms with Crippen LogP contribution in [-0.2, 0) is 11.3 Å². The summed E-state index contributed by atoms with van der Waals surface area (Å²) < 4.78 is 0. The van der Waals surface area contributed by atoms with Crippen LogP contribution >= 0.6 is 0 Å². The largest absolute Gasteiger partial charge is 0.347 e. The number of piperazine rings is 1. The van der Waals surface area contributed by atoms with Gasteiger partial charge in [-0.3, -0.25) is 4.79 Å². The Kier molecular flexibility index (Phi) is 4.53. The molecular weight excluding hydrogens is 214 g/mol. The average molecular weight is 235 g/mol. The molecule has 1 amide bonds. The molecule has 1 saturated heterocycles. The number of rotatable bonds is 4. The molecule has 4 N–H and O–H groups in total. The summed E-state index contributed by atoms with van der Waals surface area (Å²) in [6, 6.07) is 10.0. The minimum Gasteiger partial charge on any atom is -0.347 e. The van der Waals surface area contributed by atoms with Gasteiger partial charge in [-0.15, -0.1) is 0 Å². The molecule has 4 heteroatoms. The molecule has 2 rings (SSSR count). The zero-order chi connectivity index (χ0) is 11.9. The van der Waals surface area contributed by atoms with Gasteiger partial charge in [-0.25, -0.2) is 0 Å². The van der Waals surface area contributed by atoms with E-state index in [2.05, 4.69) is 10.6 Å². The first-order valence-electron chi connectivity index (χ1n) is 6.30. The van der Waals surface area contributed by atoms with Gasteiger partial charge in [0.25, 0.3) is 5.91 Å². The molecule has 1 aliphatic rings. The molecule has 0 radical (unpaired) electrons. The van der Waals surface area contributed by atoms with E-state index in [4.69, 9.17) is 0 Å². The van der Waals surface area contributed by atoms with Crippen LogP contribution in [-0.4, -0.2) is 38.6 Å². The van der Waals surface area contributed by atoms with Crippen LogP contribution in [0.2, 0.25) is 0 Å². The topological polar surface area (TPSA) is 50.2 Å². The first-order valence-corrected chi connectivity index (χ1v) is 6.30. The summed E-state index contributed by atoms with van der Waals surface area (Å²) in [5.41, 5.74) is 1.16. The van der Waals surface area contributed by atoms with Gasteiger partial charge in [0.15, 0.2) is 6.54 Å². The summed E-state index contributed by atoms with van der Waals surface area (Å²) >= 11 is 0. The maximum absolute atomic E-state index is 11.7. The number of nitrogens with two attached hydrogens (primary N) is 1. The number of carbonyl (C=O) groups excluding carboxylic acids is 1. The Morgan fingerprint density at radius 3 is 2.65 bits per heavy atom. The molecule has 1 aliphatic heterocycles. The molecule has 4 nitrogen and oxygen atoms in total. The van der Waals surface area contributed by atoms with Gasteiger partial charge >= 0.3 is 0 Å². The van der Waals surface area contributed by atoms with E-state index in [9.17, 15) is 4.79 Å². The van der Waals surface area contributed by atoms with Gasteiger partial charge in [-0.1, -0.05) is 30.3 Å².